The van der Waals surface area contributed by atoms with Crippen molar-refractivity contribution in [2.45, 2.75) is 6.92 Å². The highest BCUT2D eigenvalue weighted by atomic mass is 32.1. The van der Waals surface area contributed by atoms with Gasteiger partial charge in [-0.15, -0.1) is 11.3 Å². The van der Waals surface area contributed by atoms with Gasteiger partial charge in [0.25, 0.3) is 5.89 Å². The lowest BCUT2D eigenvalue weighted by atomic mass is 10.3. The monoisotopic (exact) mass is 261 g/mol. The van der Waals surface area contributed by atoms with Crippen LogP contribution >= 0.6 is 11.3 Å². The van der Waals surface area contributed by atoms with Crippen molar-refractivity contribution >= 4 is 16.3 Å². The van der Waals surface area contributed by atoms with Crippen molar-refractivity contribution in [3.63, 3.8) is 0 Å². The molecule has 3 aromatic rings. The van der Waals surface area contributed by atoms with E-state index in [-0.39, 0.29) is 0 Å². The molecule has 3 rings (SSSR count). The Morgan fingerprint density at radius 1 is 1.44 bits per heavy atom. The van der Waals surface area contributed by atoms with E-state index in [9.17, 15) is 0 Å². The first-order valence-electron chi connectivity index (χ1n) is 5.32. The maximum atomic E-state index is 5.90. The van der Waals surface area contributed by atoms with E-state index in [0.717, 1.165) is 16.1 Å². The number of hydrogen-bond acceptors (Lipinski definition) is 6. The van der Waals surface area contributed by atoms with Gasteiger partial charge in [-0.3, -0.25) is 0 Å². The van der Waals surface area contributed by atoms with Crippen LogP contribution < -0.4 is 5.73 Å². The molecule has 3 heterocycles. The minimum Gasteiger partial charge on any atom is -0.390 e. The van der Waals surface area contributed by atoms with Gasteiger partial charge < -0.3 is 14.8 Å². The molecule has 0 aliphatic carbocycles. The first-order chi connectivity index (χ1) is 8.65. The number of aryl methyl sites for hydroxylation is 2. The molecule has 92 valence electrons. The Kier molecular flexibility index (Phi) is 2.41. The molecule has 0 unspecified atom stereocenters. The van der Waals surface area contributed by atoms with Crippen LogP contribution in [-0.2, 0) is 7.05 Å². The number of nitrogen functional groups attached to an aromatic ring is 1. The van der Waals surface area contributed by atoms with Crippen LogP contribution in [0.1, 0.15) is 4.88 Å². The maximum Gasteiger partial charge on any atom is 0.261 e. The van der Waals surface area contributed by atoms with Gasteiger partial charge in [0.2, 0.25) is 5.82 Å². The van der Waals surface area contributed by atoms with Crippen molar-refractivity contribution in [3.8, 4) is 23.0 Å². The number of nitrogens with two attached hydrogens (primary N) is 1. The van der Waals surface area contributed by atoms with Crippen LogP contribution in [0.5, 0.6) is 0 Å². The minimum absolute atomic E-state index is 0.438. The van der Waals surface area contributed by atoms with E-state index < -0.39 is 0 Å². The van der Waals surface area contributed by atoms with Crippen molar-refractivity contribution < 1.29 is 4.52 Å². The highest BCUT2D eigenvalue weighted by Crippen LogP contribution is 2.33. The lowest BCUT2D eigenvalue weighted by molar-refractivity contribution is 0.432. The molecule has 0 amide bonds. The lowest BCUT2D eigenvalue weighted by Gasteiger charge is -1.93. The van der Waals surface area contributed by atoms with Gasteiger partial charge in [0, 0.05) is 11.9 Å². The SMILES string of the molecule is Cc1cc(-c2nc(-c3cncn3C)no2)c(N)s1. The molecule has 0 saturated heterocycles. The summed E-state index contributed by atoms with van der Waals surface area (Å²) in [4.78, 5) is 9.48. The summed E-state index contributed by atoms with van der Waals surface area (Å²) in [6.45, 7) is 1.99. The van der Waals surface area contributed by atoms with Crippen molar-refractivity contribution in [2.24, 2.45) is 7.05 Å². The smallest absolute Gasteiger partial charge is 0.261 e. The van der Waals surface area contributed by atoms with Crippen molar-refractivity contribution in [1.82, 2.24) is 19.7 Å². The fraction of sp³-hybridized carbons (Fsp3) is 0.182. The Balaban J connectivity index is 2.05. The van der Waals surface area contributed by atoms with E-state index in [1.54, 1.807) is 12.5 Å². The predicted octanol–water partition coefficient (Wildman–Crippen LogP) is 2.09. The second-order valence-electron chi connectivity index (χ2n) is 3.95. The Morgan fingerprint density at radius 2 is 2.28 bits per heavy atom. The molecule has 0 saturated carbocycles. The van der Waals surface area contributed by atoms with E-state index in [4.69, 9.17) is 10.3 Å². The molecular formula is C11H11N5OS. The van der Waals surface area contributed by atoms with Gasteiger partial charge in [-0.2, -0.15) is 4.98 Å². The fourth-order valence-electron chi connectivity index (χ4n) is 1.71. The van der Waals surface area contributed by atoms with E-state index in [0.29, 0.717) is 16.7 Å². The van der Waals surface area contributed by atoms with Crippen LogP contribution in [-0.4, -0.2) is 19.7 Å². The standard InChI is InChI=1S/C11H11N5OS/c1-6-3-7(9(12)18-6)11-14-10(15-17-11)8-4-13-5-16(8)2/h3-5H,12H2,1-2H3. The third-order valence-corrected chi connectivity index (χ3v) is 3.47. The van der Waals surface area contributed by atoms with Gasteiger partial charge >= 0.3 is 0 Å². The summed E-state index contributed by atoms with van der Waals surface area (Å²) < 4.78 is 7.08. The van der Waals surface area contributed by atoms with Crippen LogP contribution in [0.3, 0.4) is 0 Å². The van der Waals surface area contributed by atoms with E-state index >= 15 is 0 Å². The number of hydrogen-bond donors (Lipinski definition) is 1. The van der Waals surface area contributed by atoms with Gasteiger partial charge in [0.05, 0.1) is 23.1 Å². The third kappa shape index (κ3) is 1.68. The number of nitrogens with zero attached hydrogens (tertiary/aromatic N) is 4. The van der Waals surface area contributed by atoms with Crippen LogP contribution in [0.2, 0.25) is 0 Å². The largest absolute Gasteiger partial charge is 0.390 e. The average molecular weight is 261 g/mol. The summed E-state index contributed by atoms with van der Waals surface area (Å²) in [7, 11) is 1.88. The highest BCUT2D eigenvalue weighted by Gasteiger charge is 2.16. The van der Waals surface area contributed by atoms with Gasteiger partial charge in [0.15, 0.2) is 0 Å². The number of imidazole rings is 1. The van der Waals surface area contributed by atoms with Crippen molar-refractivity contribution in [2.75, 3.05) is 5.73 Å². The van der Waals surface area contributed by atoms with Crippen LogP contribution in [0.25, 0.3) is 23.0 Å². The molecule has 0 aliphatic heterocycles. The Morgan fingerprint density at radius 3 is 2.89 bits per heavy atom. The first kappa shape index (κ1) is 11.0. The Hall–Kier alpha value is -2.15. The molecule has 6 nitrogen and oxygen atoms in total. The molecule has 0 fully saturated rings. The summed E-state index contributed by atoms with van der Waals surface area (Å²) in [6.07, 6.45) is 3.38. The zero-order chi connectivity index (χ0) is 12.7. The summed E-state index contributed by atoms with van der Waals surface area (Å²) in [6, 6.07) is 1.94. The topological polar surface area (TPSA) is 82.8 Å². The van der Waals surface area contributed by atoms with Gasteiger partial charge in [-0.1, -0.05) is 5.16 Å². The maximum absolute atomic E-state index is 5.90. The highest BCUT2D eigenvalue weighted by molar-refractivity contribution is 7.16. The van der Waals surface area contributed by atoms with E-state index in [2.05, 4.69) is 15.1 Å². The van der Waals surface area contributed by atoms with Crippen molar-refractivity contribution in [1.29, 1.82) is 0 Å². The Labute approximate surface area is 107 Å². The molecule has 7 heteroatoms. The quantitative estimate of drug-likeness (QED) is 0.763. The molecule has 0 spiro atoms. The zero-order valence-electron chi connectivity index (χ0n) is 9.91. The first-order valence-corrected chi connectivity index (χ1v) is 6.13. The fourth-order valence-corrected chi connectivity index (χ4v) is 2.49. The molecule has 2 N–H and O–H groups in total. The lowest BCUT2D eigenvalue weighted by Crippen LogP contribution is -1.90. The summed E-state index contributed by atoms with van der Waals surface area (Å²) in [5.74, 6) is 0.946. The van der Waals surface area contributed by atoms with Crippen molar-refractivity contribution in [3.05, 3.63) is 23.5 Å². The molecular weight excluding hydrogens is 250 g/mol. The summed E-state index contributed by atoms with van der Waals surface area (Å²) in [5.41, 5.74) is 7.50. The molecule has 0 radical (unpaired) electrons. The third-order valence-electron chi connectivity index (χ3n) is 2.59. The second-order valence-corrected chi connectivity index (χ2v) is 5.24. The Bertz CT molecular complexity index is 696. The number of aromatic nitrogens is 4. The van der Waals surface area contributed by atoms with Crippen LogP contribution in [0, 0.1) is 6.92 Å². The number of anilines is 1. The summed E-state index contributed by atoms with van der Waals surface area (Å²) >= 11 is 1.51. The predicted molar refractivity (Wildman–Crippen MR) is 69.0 cm³/mol. The molecule has 18 heavy (non-hydrogen) atoms. The molecule has 3 aromatic heterocycles. The zero-order valence-corrected chi connectivity index (χ0v) is 10.7. The molecule has 0 atom stereocenters. The van der Waals surface area contributed by atoms with Crippen LogP contribution in [0.4, 0.5) is 5.00 Å². The van der Waals surface area contributed by atoms with Gasteiger partial charge in [0.1, 0.15) is 5.69 Å². The molecule has 0 aromatic carbocycles. The van der Waals surface area contributed by atoms with E-state index in [1.165, 1.54) is 11.3 Å². The second kappa shape index (κ2) is 3.95. The number of thiophene rings is 1. The molecule has 0 aliphatic rings. The molecule has 0 bridgehead atoms. The van der Waals surface area contributed by atoms with Gasteiger partial charge in [-0.25, -0.2) is 4.98 Å². The number of rotatable bonds is 2. The normalized spacial score (nSPS) is 11.0. The summed E-state index contributed by atoms with van der Waals surface area (Å²) in [5, 5.41) is 4.64. The van der Waals surface area contributed by atoms with Gasteiger partial charge in [-0.05, 0) is 13.0 Å². The average Bonchev–Trinajstić information content (AvgIpc) is 2.98. The van der Waals surface area contributed by atoms with E-state index in [1.807, 2.05) is 24.6 Å². The van der Waals surface area contributed by atoms with Crippen LogP contribution in [0.15, 0.2) is 23.1 Å². The minimum atomic E-state index is 0.438.